The summed E-state index contributed by atoms with van der Waals surface area (Å²) in [6.07, 6.45) is 0. The Hall–Kier alpha value is -1.43. The molecule has 1 atom stereocenters. The predicted molar refractivity (Wildman–Crippen MR) is 88.4 cm³/mol. The monoisotopic (exact) mass is 311 g/mol. The van der Waals surface area contributed by atoms with Gasteiger partial charge in [0, 0.05) is 52.6 Å². The van der Waals surface area contributed by atoms with E-state index < -0.39 is 10.8 Å². The van der Waals surface area contributed by atoms with Crippen molar-refractivity contribution < 1.29 is 9.00 Å². The zero-order valence-electron chi connectivity index (χ0n) is 13.4. The van der Waals surface area contributed by atoms with Crippen molar-refractivity contribution in [2.75, 3.05) is 30.4 Å². The molecule has 1 aromatic heterocycles. The molecule has 1 rings (SSSR count). The minimum atomic E-state index is -0.864. The number of hydrogen-bond acceptors (Lipinski definition) is 4. The average Bonchev–Trinajstić information content (AvgIpc) is 2.45. The Kier molecular flexibility index (Phi) is 6.33. The fourth-order valence-electron chi connectivity index (χ4n) is 1.70. The van der Waals surface area contributed by atoms with Crippen LogP contribution in [0.3, 0.4) is 0 Å². The van der Waals surface area contributed by atoms with E-state index in [1.807, 2.05) is 13.0 Å². The Bertz CT molecular complexity index is 524. The van der Waals surface area contributed by atoms with Crippen molar-refractivity contribution in [3.8, 4) is 0 Å². The van der Waals surface area contributed by atoms with E-state index in [-0.39, 0.29) is 11.3 Å². The van der Waals surface area contributed by atoms with Crippen LogP contribution in [0.5, 0.6) is 0 Å². The lowest BCUT2D eigenvalue weighted by molar-refractivity contribution is 0.0956. The van der Waals surface area contributed by atoms with Gasteiger partial charge >= 0.3 is 0 Å². The molecule has 5 nitrogen and oxygen atoms in total. The predicted octanol–water partition coefficient (Wildman–Crippen LogP) is 1.92. The van der Waals surface area contributed by atoms with Crippen molar-refractivity contribution in [3.63, 3.8) is 0 Å². The molecule has 1 unspecified atom stereocenters. The van der Waals surface area contributed by atoms with E-state index in [1.165, 1.54) is 0 Å². The van der Waals surface area contributed by atoms with Gasteiger partial charge in [0.25, 0.3) is 5.91 Å². The fourth-order valence-corrected chi connectivity index (χ4v) is 2.32. The summed E-state index contributed by atoms with van der Waals surface area (Å²) in [6, 6.07) is 3.54. The summed E-state index contributed by atoms with van der Waals surface area (Å²) in [6.45, 7) is 8.46. The van der Waals surface area contributed by atoms with Crippen LogP contribution in [0.1, 0.15) is 43.7 Å². The Morgan fingerprint density at radius 3 is 2.52 bits per heavy atom. The first kappa shape index (κ1) is 17.6. The lowest BCUT2D eigenvalue weighted by Crippen LogP contribution is -2.28. The molecule has 2 N–H and O–H groups in total. The number of pyridine rings is 1. The molecule has 0 saturated carbocycles. The van der Waals surface area contributed by atoms with E-state index in [4.69, 9.17) is 0 Å². The highest BCUT2D eigenvalue weighted by atomic mass is 32.2. The Morgan fingerprint density at radius 2 is 2.00 bits per heavy atom. The normalized spacial score (nSPS) is 12.8. The lowest BCUT2D eigenvalue weighted by Gasteiger charge is -2.19. The third-order valence-electron chi connectivity index (χ3n) is 3.05. The van der Waals surface area contributed by atoms with Gasteiger partial charge in [-0.25, -0.2) is 4.98 Å². The second kappa shape index (κ2) is 7.54. The third kappa shape index (κ3) is 5.46. The van der Waals surface area contributed by atoms with Crippen LogP contribution in [0.15, 0.2) is 12.1 Å². The average molecular weight is 311 g/mol. The van der Waals surface area contributed by atoms with Crippen molar-refractivity contribution in [1.29, 1.82) is 0 Å². The van der Waals surface area contributed by atoms with E-state index >= 15 is 0 Å². The first-order chi connectivity index (χ1) is 9.77. The maximum absolute atomic E-state index is 12.2. The second-order valence-corrected chi connectivity index (χ2v) is 7.68. The van der Waals surface area contributed by atoms with Gasteiger partial charge in [0.1, 0.15) is 5.82 Å². The van der Waals surface area contributed by atoms with E-state index in [2.05, 4.69) is 36.4 Å². The molecule has 0 fully saturated rings. The lowest BCUT2D eigenvalue weighted by atomic mass is 9.90. The van der Waals surface area contributed by atoms with Gasteiger partial charge in [-0.2, -0.15) is 0 Å². The fraction of sp³-hybridized carbons (Fsp3) is 0.600. The number of amides is 1. The van der Waals surface area contributed by atoms with Crippen LogP contribution in [-0.2, 0) is 16.2 Å². The molecule has 0 radical (unpaired) electrons. The number of carbonyl (C=O) groups excluding carboxylic acids is 1. The number of nitrogens with zero attached hydrogens (tertiary/aromatic N) is 1. The molecule has 0 aromatic carbocycles. The summed E-state index contributed by atoms with van der Waals surface area (Å²) in [5, 5.41) is 5.79. The summed E-state index contributed by atoms with van der Waals surface area (Å²) in [7, 11) is 0.915. The van der Waals surface area contributed by atoms with E-state index in [0.717, 1.165) is 5.69 Å². The van der Waals surface area contributed by atoms with Crippen LogP contribution in [0, 0.1) is 0 Å². The Labute approximate surface area is 129 Å². The molecule has 1 amide bonds. The smallest absolute Gasteiger partial charge is 0.251 e. The standard InChI is InChI=1S/C15H25N3O2S/c1-6-21(20)8-7-17-14(19)11-9-12(15(2,3)4)18-13(10-11)16-5/h9-10H,6-8H2,1-5H3,(H,16,18)(H,17,19). The molecule has 6 heteroatoms. The van der Waals surface area contributed by atoms with Crippen molar-refractivity contribution in [2.45, 2.75) is 33.1 Å². The van der Waals surface area contributed by atoms with E-state index in [9.17, 15) is 9.00 Å². The Balaban J connectivity index is 2.86. The Morgan fingerprint density at radius 1 is 1.33 bits per heavy atom. The minimum absolute atomic E-state index is 0.133. The van der Waals surface area contributed by atoms with Gasteiger partial charge in [-0.05, 0) is 12.1 Å². The number of nitrogens with one attached hydrogen (secondary N) is 2. The van der Waals surface area contributed by atoms with Gasteiger partial charge in [0.2, 0.25) is 0 Å². The van der Waals surface area contributed by atoms with Crippen molar-refractivity contribution in [1.82, 2.24) is 10.3 Å². The molecule has 0 bridgehead atoms. The molecule has 0 spiro atoms. The summed E-state index contributed by atoms with van der Waals surface area (Å²) >= 11 is 0. The first-order valence-corrected chi connectivity index (χ1v) is 8.60. The third-order valence-corrected chi connectivity index (χ3v) is 4.35. The number of rotatable bonds is 6. The van der Waals surface area contributed by atoms with Crippen LogP contribution < -0.4 is 10.6 Å². The van der Waals surface area contributed by atoms with Crippen LogP contribution in [0.2, 0.25) is 0 Å². The zero-order chi connectivity index (χ0) is 16.0. The van der Waals surface area contributed by atoms with E-state index in [1.54, 1.807) is 13.1 Å². The largest absolute Gasteiger partial charge is 0.373 e. The van der Waals surface area contributed by atoms with Crippen molar-refractivity contribution >= 4 is 22.5 Å². The molecule has 118 valence electrons. The highest BCUT2D eigenvalue weighted by Crippen LogP contribution is 2.23. The van der Waals surface area contributed by atoms with Gasteiger partial charge in [-0.3, -0.25) is 9.00 Å². The van der Waals surface area contributed by atoms with Gasteiger partial charge in [0.15, 0.2) is 0 Å². The quantitative estimate of drug-likeness (QED) is 0.842. The summed E-state index contributed by atoms with van der Waals surface area (Å²) in [4.78, 5) is 16.7. The van der Waals surface area contributed by atoms with Gasteiger partial charge in [-0.15, -0.1) is 0 Å². The van der Waals surface area contributed by atoms with Gasteiger partial charge in [-0.1, -0.05) is 27.7 Å². The van der Waals surface area contributed by atoms with E-state index in [0.29, 0.717) is 29.4 Å². The molecular formula is C15H25N3O2S. The van der Waals surface area contributed by atoms with Crippen molar-refractivity contribution in [2.24, 2.45) is 0 Å². The first-order valence-electron chi connectivity index (χ1n) is 7.11. The van der Waals surface area contributed by atoms with Crippen LogP contribution in [0.4, 0.5) is 5.82 Å². The SMILES string of the molecule is CCS(=O)CCNC(=O)c1cc(NC)nc(C(C)(C)C)c1. The molecule has 21 heavy (non-hydrogen) atoms. The van der Waals surface area contributed by atoms with Crippen LogP contribution in [0.25, 0.3) is 0 Å². The second-order valence-electron chi connectivity index (χ2n) is 5.81. The number of hydrogen-bond donors (Lipinski definition) is 2. The summed E-state index contributed by atoms with van der Waals surface area (Å²) < 4.78 is 11.4. The minimum Gasteiger partial charge on any atom is -0.373 e. The van der Waals surface area contributed by atoms with Crippen LogP contribution in [-0.4, -0.2) is 40.2 Å². The van der Waals surface area contributed by atoms with Gasteiger partial charge in [0.05, 0.1) is 0 Å². The topological polar surface area (TPSA) is 71.1 Å². The van der Waals surface area contributed by atoms with Gasteiger partial charge < -0.3 is 10.6 Å². The number of anilines is 1. The number of aromatic nitrogens is 1. The van der Waals surface area contributed by atoms with Crippen LogP contribution >= 0.6 is 0 Å². The van der Waals surface area contributed by atoms with Crippen molar-refractivity contribution in [3.05, 3.63) is 23.4 Å². The molecule has 0 saturated heterocycles. The molecular weight excluding hydrogens is 286 g/mol. The maximum Gasteiger partial charge on any atom is 0.251 e. The zero-order valence-corrected chi connectivity index (χ0v) is 14.3. The maximum atomic E-state index is 12.2. The summed E-state index contributed by atoms with van der Waals surface area (Å²) in [5.41, 5.74) is 1.30. The molecule has 0 aliphatic rings. The molecule has 1 heterocycles. The summed E-state index contributed by atoms with van der Waals surface area (Å²) in [5.74, 6) is 1.61. The molecule has 1 aromatic rings. The highest BCUT2D eigenvalue weighted by Gasteiger charge is 2.19. The molecule has 0 aliphatic carbocycles. The number of carbonyl (C=O) groups is 1. The molecule has 0 aliphatic heterocycles. The highest BCUT2D eigenvalue weighted by molar-refractivity contribution is 7.84.